The molecule has 7 nitrogen and oxygen atoms in total. The summed E-state index contributed by atoms with van der Waals surface area (Å²) in [5.41, 5.74) is -1.61. The number of thiophene rings is 1. The number of aryl methyl sites for hydroxylation is 1. The van der Waals surface area contributed by atoms with Crippen molar-refractivity contribution < 1.29 is 23.1 Å². The number of hydrogen-bond donors (Lipinski definition) is 2. The summed E-state index contributed by atoms with van der Waals surface area (Å²) in [4.78, 5) is 41.2. The quantitative estimate of drug-likeness (QED) is 0.372. The third-order valence-electron chi connectivity index (χ3n) is 5.79. The Labute approximate surface area is 198 Å². The van der Waals surface area contributed by atoms with Crippen LogP contribution in [0.15, 0.2) is 62.8 Å². The highest BCUT2D eigenvalue weighted by atomic mass is 32.1. The number of aromatic carboxylic acids is 1. The van der Waals surface area contributed by atoms with Crippen molar-refractivity contribution in [1.29, 1.82) is 0 Å². The summed E-state index contributed by atoms with van der Waals surface area (Å²) in [6.07, 6.45) is -4.72. The van der Waals surface area contributed by atoms with Crippen LogP contribution < -0.4 is 11.2 Å². The van der Waals surface area contributed by atoms with E-state index in [1.165, 1.54) is 9.95 Å². The Balaban J connectivity index is 1.92. The third kappa shape index (κ3) is 3.73. The van der Waals surface area contributed by atoms with Gasteiger partial charge in [-0.2, -0.15) is 13.2 Å². The summed E-state index contributed by atoms with van der Waals surface area (Å²) >= 11 is 1.15. The molecule has 3 aromatic heterocycles. The predicted octanol–water partition coefficient (Wildman–Crippen LogP) is 4.77. The summed E-state index contributed by atoms with van der Waals surface area (Å²) in [7, 11) is 0. The lowest BCUT2D eigenvalue weighted by Crippen LogP contribution is -2.34. The molecule has 0 saturated carbocycles. The van der Waals surface area contributed by atoms with Gasteiger partial charge in [-0.3, -0.25) is 4.79 Å². The van der Waals surface area contributed by atoms with E-state index in [9.17, 15) is 32.7 Å². The molecule has 0 amide bonds. The minimum absolute atomic E-state index is 0.00285. The second kappa shape index (κ2) is 7.98. The summed E-state index contributed by atoms with van der Waals surface area (Å²) in [6.45, 7) is 1.88. The minimum Gasteiger partial charge on any atom is -0.477 e. The lowest BCUT2D eigenvalue weighted by Gasteiger charge is -2.10. The van der Waals surface area contributed by atoms with E-state index in [2.05, 4.69) is 4.98 Å². The molecule has 2 aromatic carbocycles. The number of hydrogen-bond acceptors (Lipinski definition) is 4. The van der Waals surface area contributed by atoms with Crippen molar-refractivity contribution in [1.82, 2.24) is 14.1 Å². The van der Waals surface area contributed by atoms with E-state index in [4.69, 9.17) is 0 Å². The van der Waals surface area contributed by atoms with Crippen LogP contribution in [0.4, 0.5) is 13.2 Å². The van der Waals surface area contributed by atoms with Crippen molar-refractivity contribution in [3.05, 3.63) is 96.4 Å². The van der Waals surface area contributed by atoms with Crippen LogP contribution >= 0.6 is 11.3 Å². The van der Waals surface area contributed by atoms with E-state index in [-0.39, 0.29) is 28.4 Å². The molecule has 2 N–H and O–H groups in total. The van der Waals surface area contributed by atoms with Gasteiger partial charge < -0.3 is 14.7 Å². The van der Waals surface area contributed by atoms with Crippen LogP contribution in [-0.4, -0.2) is 25.2 Å². The van der Waals surface area contributed by atoms with Gasteiger partial charge >= 0.3 is 17.8 Å². The SMILES string of the molecule is Cc1ccc(Cn2c(C(=O)O)c(-n3c(=O)[nH]c4cscc4c3=O)c3cc(C(F)(F)F)ccc32)cc1. The molecule has 5 aromatic rings. The van der Waals surface area contributed by atoms with E-state index in [1.807, 2.05) is 19.1 Å². The first kappa shape index (κ1) is 22.7. The van der Waals surface area contributed by atoms with Crippen molar-refractivity contribution in [2.24, 2.45) is 0 Å². The molecule has 11 heteroatoms. The maximum atomic E-state index is 13.6. The molecule has 0 radical (unpaired) electrons. The van der Waals surface area contributed by atoms with Crippen LogP contribution in [0.1, 0.15) is 27.2 Å². The van der Waals surface area contributed by atoms with Crippen LogP contribution in [0.3, 0.4) is 0 Å². The van der Waals surface area contributed by atoms with E-state index in [1.54, 1.807) is 17.5 Å². The monoisotopic (exact) mass is 499 g/mol. The molecule has 0 fully saturated rings. The molecule has 178 valence electrons. The highest BCUT2D eigenvalue weighted by Gasteiger charge is 2.33. The van der Waals surface area contributed by atoms with Gasteiger partial charge in [0.25, 0.3) is 5.56 Å². The number of nitrogens with one attached hydrogen (secondary N) is 1. The largest absolute Gasteiger partial charge is 0.477 e. The first-order chi connectivity index (χ1) is 16.6. The molecule has 0 bridgehead atoms. The Morgan fingerprint density at radius 3 is 2.43 bits per heavy atom. The number of alkyl halides is 3. The molecular weight excluding hydrogens is 483 g/mol. The topological polar surface area (TPSA) is 97.1 Å². The summed E-state index contributed by atoms with van der Waals surface area (Å²) in [5.74, 6) is -1.49. The number of benzene rings is 2. The Kier molecular flexibility index (Phi) is 5.17. The zero-order valence-corrected chi connectivity index (χ0v) is 18.8. The number of nitrogens with zero attached hydrogens (tertiary/aromatic N) is 2. The van der Waals surface area contributed by atoms with Gasteiger partial charge in [0.2, 0.25) is 0 Å². The number of aromatic amines is 1. The van der Waals surface area contributed by atoms with Crippen molar-refractivity contribution in [3.63, 3.8) is 0 Å². The predicted molar refractivity (Wildman–Crippen MR) is 126 cm³/mol. The number of rotatable bonds is 4. The smallest absolute Gasteiger partial charge is 0.416 e. The number of H-pyrrole nitrogens is 1. The van der Waals surface area contributed by atoms with Crippen molar-refractivity contribution in [2.45, 2.75) is 19.6 Å². The van der Waals surface area contributed by atoms with Crippen LogP contribution in [0.25, 0.3) is 27.5 Å². The average Bonchev–Trinajstić information content (AvgIpc) is 3.38. The number of fused-ring (bicyclic) bond motifs is 2. The maximum absolute atomic E-state index is 13.6. The van der Waals surface area contributed by atoms with E-state index in [0.717, 1.165) is 35.1 Å². The first-order valence-electron chi connectivity index (χ1n) is 10.3. The number of aromatic nitrogens is 3. The van der Waals surface area contributed by atoms with Gasteiger partial charge in [0, 0.05) is 22.7 Å². The fourth-order valence-corrected chi connectivity index (χ4v) is 4.90. The van der Waals surface area contributed by atoms with Crippen LogP contribution in [-0.2, 0) is 12.7 Å². The molecule has 0 saturated heterocycles. The zero-order valence-electron chi connectivity index (χ0n) is 18.0. The van der Waals surface area contributed by atoms with Crippen molar-refractivity contribution >= 4 is 39.1 Å². The maximum Gasteiger partial charge on any atom is 0.416 e. The Hall–Kier alpha value is -4.12. The molecule has 0 aliphatic heterocycles. The Morgan fingerprint density at radius 2 is 1.77 bits per heavy atom. The van der Waals surface area contributed by atoms with E-state index in [0.29, 0.717) is 10.1 Å². The van der Waals surface area contributed by atoms with Crippen molar-refractivity contribution in [3.8, 4) is 5.69 Å². The second-order valence-corrected chi connectivity index (χ2v) is 8.82. The Morgan fingerprint density at radius 1 is 1.06 bits per heavy atom. The lowest BCUT2D eigenvalue weighted by molar-refractivity contribution is -0.137. The van der Waals surface area contributed by atoms with Crippen LogP contribution in [0, 0.1) is 6.92 Å². The zero-order chi connectivity index (χ0) is 25.1. The number of carbonyl (C=O) groups is 1. The molecule has 5 rings (SSSR count). The molecular formula is C24H16F3N3O4S. The molecule has 0 unspecified atom stereocenters. The summed E-state index contributed by atoms with van der Waals surface area (Å²) < 4.78 is 42.6. The Bertz CT molecular complexity index is 1740. The standard InChI is InChI=1S/C24H16F3N3O4S/c1-12-2-4-13(5-3-12)9-29-18-7-6-14(24(25,26)27)8-15(18)19(20(29)22(32)33)30-21(31)16-10-35-11-17(16)28-23(30)34/h2-8,10-11H,9H2,1H3,(H,28,34)(H,32,33). The molecule has 0 aliphatic rings. The molecule has 0 spiro atoms. The number of carboxylic acids is 1. The lowest BCUT2D eigenvalue weighted by atomic mass is 10.1. The van der Waals surface area contributed by atoms with E-state index >= 15 is 0 Å². The van der Waals surface area contributed by atoms with Crippen LogP contribution in [0.2, 0.25) is 0 Å². The molecule has 0 aliphatic carbocycles. The van der Waals surface area contributed by atoms with Gasteiger partial charge in [0.1, 0.15) is 0 Å². The first-order valence-corrected chi connectivity index (χ1v) is 11.2. The number of carboxylic acid groups (broad SMARTS) is 1. The molecule has 0 atom stereocenters. The highest BCUT2D eigenvalue weighted by molar-refractivity contribution is 7.09. The van der Waals surface area contributed by atoms with E-state index < -0.39 is 40.3 Å². The molecule has 3 heterocycles. The number of halogens is 3. The van der Waals surface area contributed by atoms with Gasteiger partial charge in [-0.1, -0.05) is 29.8 Å². The fraction of sp³-hybridized carbons (Fsp3) is 0.125. The fourth-order valence-electron chi connectivity index (χ4n) is 4.14. The highest BCUT2D eigenvalue weighted by Crippen LogP contribution is 2.36. The normalized spacial score (nSPS) is 12.0. The van der Waals surface area contributed by atoms with Gasteiger partial charge in [0.15, 0.2) is 5.69 Å². The van der Waals surface area contributed by atoms with Gasteiger partial charge in [0.05, 0.1) is 27.7 Å². The van der Waals surface area contributed by atoms with Crippen molar-refractivity contribution in [2.75, 3.05) is 0 Å². The van der Waals surface area contributed by atoms with Gasteiger partial charge in [-0.15, -0.1) is 11.3 Å². The summed E-state index contributed by atoms with van der Waals surface area (Å²) in [5, 5.41) is 13.1. The van der Waals surface area contributed by atoms with Crippen LogP contribution in [0.5, 0.6) is 0 Å². The third-order valence-corrected chi connectivity index (χ3v) is 6.54. The average molecular weight is 499 g/mol. The molecule has 35 heavy (non-hydrogen) atoms. The minimum atomic E-state index is -4.72. The second-order valence-electron chi connectivity index (χ2n) is 8.07. The van der Waals surface area contributed by atoms with Gasteiger partial charge in [-0.25, -0.2) is 14.2 Å². The summed E-state index contributed by atoms with van der Waals surface area (Å²) in [6, 6.07) is 9.96. The van der Waals surface area contributed by atoms with Gasteiger partial charge in [-0.05, 0) is 30.7 Å².